The van der Waals surface area contributed by atoms with Crippen molar-refractivity contribution in [3.8, 4) is 0 Å². The molecular formula is C16H17N3O2S. The lowest BCUT2D eigenvalue weighted by Crippen LogP contribution is -2.40. The van der Waals surface area contributed by atoms with E-state index in [1.165, 1.54) is 7.05 Å². The summed E-state index contributed by atoms with van der Waals surface area (Å²) < 4.78 is 0. The number of rotatable bonds is 5. The fourth-order valence-electron chi connectivity index (χ4n) is 1.73. The van der Waals surface area contributed by atoms with E-state index in [9.17, 15) is 9.59 Å². The fourth-order valence-corrected chi connectivity index (χ4v) is 2.67. The van der Waals surface area contributed by atoms with Crippen LogP contribution in [0.4, 0.5) is 10.5 Å². The fraction of sp³-hybridized carbons (Fsp3) is 0.125. The molecule has 0 atom stereocenters. The maximum atomic E-state index is 11.6. The number of hydrogen-bond donors (Lipinski definition) is 3. The third-order valence-corrected chi connectivity index (χ3v) is 3.86. The number of carbonyl (C=O) groups is 2. The molecule has 0 fully saturated rings. The van der Waals surface area contributed by atoms with Crippen molar-refractivity contribution in [3.05, 3.63) is 54.6 Å². The molecule has 0 saturated carbocycles. The highest BCUT2D eigenvalue weighted by molar-refractivity contribution is 7.99. The van der Waals surface area contributed by atoms with E-state index < -0.39 is 6.03 Å². The Morgan fingerprint density at radius 1 is 1.00 bits per heavy atom. The molecule has 0 aliphatic rings. The number of imide groups is 1. The molecule has 2 aromatic carbocycles. The van der Waals surface area contributed by atoms with E-state index >= 15 is 0 Å². The predicted octanol–water partition coefficient (Wildman–Crippen LogP) is 2.71. The van der Waals surface area contributed by atoms with Crippen LogP contribution in [-0.4, -0.2) is 25.5 Å². The second kappa shape index (κ2) is 8.09. The van der Waals surface area contributed by atoms with Crippen molar-refractivity contribution < 1.29 is 9.59 Å². The standard InChI is InChI=1S/C16H17N3O2S/c1-17-16(21)19-15(20)11-18-13-9-5-6-10-14(13)22-12-7-3-2-4-8-12/h2-10,18H,11H2,1H3,(H2,17,19,20,21). The van der Waals surface area contributed by atoms with Gasteiger partial charge >= 0.3 is 6.03 Å². The molecule has 3 amide bonds. The summed E-state index contributed by atoms with van der Waals surface area (Å²) in [4.78, 5) is 24.8. The van der Waals surface area contributed by atoms with Gasteiger partial charge in [-0.2, -0.15) is 0 Å². The number of urea groups is 1. The molecule has 0 radical (unpaired) electrons. The zero-order valence-corrected chi connectivity index (χ0v) is 12.9. The summed E-state index contributed by atoms with van der Waals surface area (Å²) in [5, 5.41) is 7.60. The molecule has 0 saturated heterocycles. The van der Waals surface area contributed by atoms with Crippen molar-refractivity contribution in [1.82, 2.24) is 10.6 Å². The van der Waals surface area contributed by atoms with Crippen molar-refractivity contribution >= 4 is 29.4 Å². The lowest BCUT2D eigenvalue weighted by atomic mass is 10.3. The molecular weight excluding hydrogens is 298 g/mol. The number of anilines is 1. The van der Waals surface area contributed by atoms with Crippen LogP contribution in [0, 0.1) is 0 Å². The summed E-state index contributed by atoms with van der Waals surface area (Å²) in [6.07, 6.45) is 0. The average Bonchev–Trinajstić information content (AvgIpc) is 2.55. The average molecular weight is 315 g/mol. The van der Waals surface area contributed by atoms with Gasteiger partial charge in [-0.1, -0.05) is 42.1 Å². The number of benzene rings is 2. The van der Waals surface area contributed by atoms with Gasteiger partial charge in [0.2, 0.25) is 5.91 Å². The summed E-state index contributed by atoms with van der Waals surface area (Å²) in [7, 11) is 1.46. The van der Waals surface area contributed by atoms with E-state index in [4.69, 9.17) is 0 Å². The van der Waals surface area contributed by atoms with Gasteiger partial charge in [0, 0.05) is 22.5 Å². The van der Waals surface area contributed by atoms with Crippen LogP contribution < -0.4 is 16.0 Å². The molecule has 0 unspecified atom stereocenters. The van der Waals surface area contributed by atoms with E-state index in [0.717, 1.165) is 15.5 Å². The predicted molar refractivity (Wildman–Crippen MR) is 88.1 cm³/mol. The van der Waals surface area contributed by atoms with Crippen molar-refractivity contribution in [2.24, 2.45) is 0 Å². The first-order valence-electron chi connectivity index (χ1n) is 6.76. The Kier molecular flexibility index (Phi) is 5.85. The second-order valence-corrected chi connectivity index (χ2v) is 5.51. The zero-order valence-electron chi connectivity index (χ0n) is 12.1. The van der Waals surface area contributed by atoms with Gasteiger partial charge in [0.15, 0.2) is 0 Å². The second-order valence-electron chi connectivity index (χ2n) is 4.39. The van der Waals surface area contributed by atoms with Gasteiger partial charge in [0.1, 0.15) is 0 Å². The van der Waals surface area contributed by atoms with E-state index in [1.807, 2.05) is 54.6 Å². The minimum absolute atomic E-state index is 0.0276. The zero-order chi connectivity index (χ0) is 15.8. The minimum Gasteiger partial charge on any atom is -0.375 e. The van der Waals surface area contributed by atoms with Crippen LogP contribution in [0.15, 0.2) is 64.4 Å². The summed E-state index contributed by atoms with van der Waals surface area (Å²) in [6.45, 7) is 0.0276. The third-order valence-electron chi connectivity index (χ3n) is 2.78. The normalized spacial score (nSPS) is 9.86. The van der Waals surface area contributed by atoms with Crippen LogP contribution in [0.3, 0.4) is 0 Å². The summed E-state index contributed by atoms with van der Waals surface area (Å²) in [5.74, 6) is -0.390. The summed E-state index contributed by atoms with van der Waals surface area (Å²) in [5.41, 5.74) is 0.850. The van der Waals surface area contributed by atoms with E-state index in [1.54, 1.807) is 11.8 Å². The quantitative estimate of drug-likeness (QED) is 0.793. The van der Waals surface area contributed by atoms with Crippen molar-refractivity contribution in [2.75, 3.05) is 18.9 Å². The molecule has 5 nitrogen and oxygen atoms in total. The van der Waals surface area contributed by atoms with Crippen LogP contribution in [0.5, 0.6) is 0 Å². The number of nitrogens with one attached hydrogen (secondary N) is 3. The molecule has 3 N–H and O–H groups in total. The molecule has 114 valence electrons. The lowest BCUT2D eigenvalue weighted by Gasteiger charge is -2.11. The number of para-hydroxylation sites is 1. The number of hydrogen-bond acceptors (Lipinski definition) is 4. The van der Waals surface area contributed by atoms with Gasteiger partial charge in [-0.15, -0.1) is 0 Å². The molecule has 0 aliphatic heterocycles. The molecule has 2 rings (SSSR count). The van der Waals surface area contributed by atoms with Crippen molar-refractivity contribution in [3.63, 3.8) is 0 Å². The van der Waals surface area contributed by atoms with Gasteiger partial charge < -0.3 is 10.6 Å². The van der Waals surface area contributed by atoms with E-state index in [-0.39, 0.29) is 12.5 Å². The van der Waals surface area contributed by atoms with E-state index in [0.29, 0.717) is 0 Å². The minimum atomic E-state index is -0.515. The van der Waals surface area contributed by atoms with Crippen molar-refractivity contribution in [2.45, 2.75) is 9.79 Å². The SMILES string of the molecule is CNC(=O)NC(=O)CNc1ccccc1Sc1ccccc1. The first-order valence-corrected chi connectivity index (χ1v) is 7.58. The van der Waals surface area contributed by atoms with Crippen LogP contribution in [0.25, 0.3) is 0 Å². The topological polar surface area (TPSA) is 70.2 Å². The Labute approximate surface area is 133 Å². The molecule has 0 heterocycles. The molecule has 0 spiro atoms. The Hall–Kier alpha value is -2.47. The van der Waals surface area contributed by atoms with Gasteiger partial charge in [0.25, 0.3) is 0 Å². The van der Waals surface area contributed by atoms with Crippen LogP contribution in [0.1, 0.15) is 0 Å². The summed E-state index contributed by atoms with van der Waals surface area (Å²) in [6, 6.07) is 17.2. The van der Waals surface area contributed by atoms with Crippen molar-refractivity contribution in [1.29, 1.82) is 0 Å². The molecule has 6 heteroatoms. The van der Waals surface area contributed by atoms with Crippen LogP contribution in [0.2, 0.25) is 0 Å². The largest absolute Gasteiger partial charge is 0.375 e. The molecule has 0 aromatic heterocycles. The van der Waals surface area contributed by atoms with Gasteiger partial charge in [0.05, 0.1) is 6.54 Å². The van der Waals surface area contributed by atoms with Gasteiger partial charge in [-0.3, -0.25) is 10.1 Å². The van der Waals surface area contributed by atoms with Crippen LogP contribution in [-0.2, 0) is 4.79 Å². The lowest BCUT2D eigenvalue weighted by molar-refractivity contribution is -0.118. The molecule has 2 aromatic rings. The first-order chi connectivity index (χ1) is 10.7. The Bertz CT molecular complexity index is 647. The smallest absolute Gasteiger partial charge is 0.321 e. The summed E-state index contributed by atoms with van der Waals surface area (Å²) >= 11 is 1.61. The Morgan fingerprint density at radius 3 is 2.41 bits per heavy atom. The monoisotopic (exact) mass is 315 g/mol. The highest BCUT2D eigenvalue weighted by Crippen LogP contribution is 2.32. The maximum absolute atomic E-state index is 11.6. The molecule has 22 heavy (non-hydrogen) atoms. The first kappa shape index (κ1) is 15.9. The highest BCUT2D eigenvalue weighted by Gasteiger charge is 2.08. The molecule has 0 bridgehead atoms. The van der Waals surface area contributed by atoms with Gasteiger partial charge in [-0.25, -0.2) is 4.79 Å². The number of amides is 3. The maximum Gasteiger partial charge on any atom is 0.321 e. The third kappa shape index (κ3) is 4.82. The molecule has 0 aliphatic carbocycles. The highest BCUT2D eigenvalue weighted by atomic mass is 32.2. The Morgan fingerprint density at radius 2 is 1.68 bits per heavy atom. The Balaban J connectivity index is 1.99. The van der Waals surface area contributed by atoms with Crippen LogP contribution >= 0.6 is 11.8 Å². The van der Waals surface area contributed by atoms with Gasteiger partial charge in [-0.05, 0) is 24.3 Å². The van der Waals surface area contributed by atoms with E-state index in [2.05, 4.69) is 16.0 Å². The number of carbonyl (C=O) groups excluding carboxylic acids is 2.